The van der Waals surface area contributed by atoms with Crippen LogP contribution in [0.5, 0.6) is 0 Å². The van der Waals surface area contributed by atoms with Gasteiger partial charge in [0, 0.05) is 13.1 Å². The lowest BCUT2D eigenvalue weighted by Crippen LogP contribution is -2.46. The van der Waals surface area contributed by atoms with E-state index in [1.165, 1.54) is 16.3 Å². The molecular formula is C13H17BrN2O4. The average molecular weight is 345 g/mol. The van der Waals surface area contributed by atoms with E-state index < -0.39 is 11.7 Å². The molecule has 1 aliphatic heterocycles. The second-order valence-corrected chi connectivity index (χ2v) is 6.34. The van der Waals surface area contributed by atoms with Gasteiger partial charge in [0.25, 0.3) is 0 Å². The number of hydrogen-bond donors (Lipinski definition) is 0. The van der Waals surface area contributed by atoms with Gasteiger partial charge in [-0.2, -0.15) is 0 Å². The normalized spacial score (nSPS) is 15.6. The van der Waals surface area contributed by atoms with Crippen molar-refractivity contribution in [1.29, 1.82) is 0 Å². The number of ether oxygens (including phenoxy) is 1. The Kier molecular flexibility index (Phi) is 4.08. The largest absolute Gasteiger partial charge is 0.458 e. The zero-order chi connectivity index (χ0) is 14.9. The topological polar surface area (TPSA) is 63.0 Å². The van der Waals surface area contributed by atoms with Crippen molar-refractivity contribution in [3.05, 3.63) is 22.6 Å². The fraction of sp³-hybridized carbons (Fsp3) is 0.538. The molecule has 0 saturated carbocycles. The molecule has 6 nitrogen and oxygen atoms in total. The average Bonchev–Trinajstić information content (AvgIpc) is 2.93. The maximum atomic E-state index is 12.4. The van der Waals surface area contributed by atoms with Crippen LogP contribution in [0.3, 0.4) is 0 Å². The number of furan rings is 1. The van der Waals surface area contributed by atoms with Gasteiger partial charge in [-0.1, -0.05) is 0 Å². The molecule has 1 aromatic heterocycles. The lowest BCUT2D eigenvalue weighted by Gasteiger charge is -2.29. The van der Waals surface area contributed by atoms with Crippen molar-refractivity contribution in [3.63, 3.8) is 0 Å². The van der Waals surface area contributed by atoms with Crippen molar-refractivity contribution in [2.24, 2.45) is 0 Å². The highest BCUT2D eigenvalue weighted by molar-refractivity contribution is 9.10. The van der Waals surface area contributed by atoms with Gasteiger partial charge >= 0.3 is 12.0 Å². The molecule has 110 valence electrons. The van der Waals surface area contributed by atoms with Crippen LogP contribution in [-0.4, -0.2) is 40.7 Å². The summed E-state index contributed by atoms with van der Waals surface area (Å²) in [5, 5.41) is 2.68. The quantitative estimate of drug-likeness (QED) is 0.785. The number of carbonyl (C=O) groups is 2. The van der Waals surface area contributed by atoms with Crippen LogP contribution < -0.4 is 0 Å². The standard InChI is InChI=1S/C13H17BrN2O4/c1-13(2,3)20-12(18)16-7-4-6-15(16)11(17)10-9(14)5-8-19-10/h5,8H,4,6-7H2,1-3H3. The number of hydrazine groups is 1. The van der Waals surface area contributed by atoms with Crippen molar-refractivity contribution in [3.8, 4) is 0 Å². The van der Waals surface area contributed by atoms with Crippen LogP contribution in [0, 0.1) is 0 Å². The Bertz CT molecular complexity index is 521. The van der Waals surface area contributed by atoms with Gasteiger partial charge in [-0.05, 0) is 49.2 Å². The number of hydrogen-bond acceptors (Lipinski definition) is 4. The maximum Gasteiger partial charge on any atom is 0.429 e. The zero-order valence-electron chi connectivity index (χ0n) is 11.7. The van der Waals surface area contributed by atoms with Crippen LogP contribution in [0.1, 0.15) is 37.7 Å². The molecule has 0 radical (unpaired) electrons. The maximum absolute atomic E-state index is 12.4. The van der Waals surface area contributed by atoms with Gasteiger partial charge in [0.2, 0.25) is 5.76 Å². The molecule has 2 heterocycles. The molecule has 1 aromatic rings. The molecule has 0 spiro atoms. The highest BCUT2D eigenvalue weighted by atomic mass is 79.9. The molecule has 0 bridgehead atoms. The fourth-order valence-electron chi connectivity index (χ4n) is 1.89. The molecule has 0 aliphatic carbocycles. The van der Waals surface area contributed by atoms with Crippen molar-refractivity contribution < 1.29 is 18.7 Å². The van der Waals surface area contributed by atoms with Crippen molar-refractivity contribution in [1.82, 2.24) is 10.0 Å². The van der Waals surface area contributed by atoms with Crippen LogP contribution in [0.4, 0.5) is 4.79 Å². The minimum absolute atomic E-state index is 0.181. The summed E-state index contributed by atoms with van der Waals surface area (Å²) in [5.74, 6) is -0.175. The lowest BCUT2D eigenvalue weighted by molar-refractivity contribution is -0.0203. The Morgan fingerprint density at radius 1 is 1.30 bits per heavy atom. The number of nitrogens with zero attached hydrogens (tertiary/aromatic N) is 2. The first-order valence-corrected chi connectivity index (χ1v) is 7.14. The van der Waals surface area contributed by atoms with Crippen molar-refractivity contribution in [2.45, 2.75) is 32.8 Å². The van der Waals surface area contributed by atoms with E-state index in [0.717, 1.165) is 0 Å². The summed E-state index contributed by atoms with van der Waals surface area (Å²) in [6.07, 6.45) is 1.61. The van der Waals surface area contributed by atoms with Gasteiger partial charge in [-0.25, -0.2) is 14.8 Å². The summed E-state index contributed by atoms with van der Waals surface area (Å²) >= 11 is 3.24. The number of halogens is 1. The third-order valence-corrected chi connectivity index (χ3v) is 3.31. The lowest BCUT2D eigenvalue weighted by atomic mass is 10.2. The molecule has 20 heavy (non-hydrogen) atoms. The van der Waals surface area contributed by atoms with Gasteiger partial charge in [0.15, 0.2) is 0 Å². The predicted octanol–water partition coefficient (Wildman–Crippen LogP) is 3.04. The second kappa shape index (κ2) is 5.47. The Morgan fingerprint density at radius 3 is 2.50 bits per heavy atom. The molecule has 2 amide bonds. The molecule has 0 aromatic carbocycles. The van der Waals surface area contributed by atoms with E-state index in [1.54, 1.807) is 26.8 Å². The molecule has 0 unspecified atom stereocenters. The summed E-state index contributed by atoms with van der Waals surface area (Å²) < 4.78 is 11.0. The number of carbonyl (C=O) groups excluding carboxylic acids is 2. The van der Waals surface area contributed by atoms with E-state index >= 15 is 0 Å². The van der Waals surface area contributed by atoms with Gasteiger partial charge in [-0.3, -0.25) is 4.79 Å². The zero-order valence-corrected chi connectivity index (χ0v) is 13.3. The van der Waals surface area contributed by atoms with E-state index in [1.807, 2.05) is 0 Å². The molecule has 1 aliphatic rings. The molecule has 2 rings (SSSR count). The first-order chi connectivity index (χ1) is 9.29. The predicted molar refractivity (Wildman–Crippen MR) is 75.0 cm³/mol. The van der Waals surface area contributed by atoms with Crippen LogP contribution in [0.15, 0.2) is 21.2 Å². The molecule has 0 atom stereocenters. The van der Waals surface area contributed by atoms with Gasteiger partial charge in [-0.15, -0.1) is 0 Å². The first kappa shape index (κ1) is 14.9. The van der Waals surface area contributed by atoms with Gasteiger partial charge in [0.05, 0.1) is 10.7 Å². The van der Waals surface area contributed by atoms with E-state index in [0.29, 0.717) is 24.0 Å². The smallest absolute Gasteiger partial charge is 0.429 e. The minimum atomic E-state index is -0.598. The third kappa shape index (κ3) is 3.15. The van der Waals surface area contributed by atoms with Crippen LogP contribution >= 0.6 is 15.9 Å². The third-order valence-electron chi connectivity index (χ3n) is 2.68. The molecule has 1 fully saturated rings. The highest BCUT2D eigenvalue weighted by Crippen LogP contribution is 2.23. The monoisotopic (exact) mass is 344 g/mol. The number of amides is 2. The second-order valence-electron chi connectivity index (χ2n) is 5.48. The van der Waals surface area contributed by atoms with Crippen LogP contribution in [0.25, 0.3) is 0 Å². The van der Waals surface area contributed by atoms with Crippen LogP contribution in [-0.2, 0) is 4.74 Å². The fourth-order valence-corrected chi connectivity index (χ4v) is 2.26. The Labute approximate surface area is 125 Å². The summed E-state index contributed by atoms with van der Waals surface area (Å²) in [6.45, 7) is 6.28. The Morgan fingerprint density at radius 2 is 1.95 bits per heavy atom. The Hall–Kier alpha value is -1.50. The minimum Gasteiger partial charge on any atom is -0.458 e. The van der Waals surface area contributed by atoms with E-state index in [-0.39, 0.29) is 11.7 Å². The van der Waals surface area contributed by atoms with Crippen molar-refractivity contribution >= 4 is 27.9 Å². The molecule has 7 heteroatoms. The molecular weight excluding hydrogens is 328 g/mol. The van der Waals surface area contributed by atoms with Gasteiger partial charge < -0.3 is 9.15 Å². The SMILES string of the molecule is CC(C)(C)OC(=O)N1CCCN1C(=O)c1occc1Br. The highest BCUT2D eigenvalue weighted by Gasteiger charge is 2.35. The van der Waals surface area contributed by atoms with Gasteiger partial charge in [0.1, 0.15) is 5.60 Å². The summed E-state index contributed by atoms with van der Waals surface area (Å²) in [7, 11) is 0. The van der Waals surface area contributed by atoms with Crippen LogP contribution in [0.2, 0.25) is 0 Å². The Balaban J connectivity index is 2.13. The summed E-state index contributed by atoms with van der Waals surface area (Å²) in [5.41, 5.74) is -0.598. The summed E-state index contributed by atoms with van der Waals surface area (Å²) in [6, 6.07) is 1.64. The summed E-state index contributed by atoms with van der Waals surface area (Å²) in [4.78, 5) is 24.5. The van der Waals surface area contributed by atoms with E-state index in [9.17, 15) is 9.59 Å². The van der Waals surface area contributed by atoms with E-state index in [2.05, 4.69) is 15.9 Å². The number of rotatable bonds is 1. The van der Waals surface area contributed by atoms with Crippen molar-refractivity contribution in [2.75, 3.05) is 13.1 Å². The molecule has 0 N–H and O–H groups in total. The molecule has 1 saturated heterocycles. The first-order valence-electron chi connectivity index (χ1n) is 6.35. The van der Waals surface area contributed by atoms with E-state index in [4.69, 9.17) is 9.15 Å².